The van der Waals surface area contributed by atoms with Crippen molar-refractivity contribution < 1.29 is 0 Å². The van der Waals surface area contributed by atoms with Crippen LogP contribution in [0.2, 0.25) is 0 Å². The zero-order valence-electron chi connectivity index (χ0n) is 5.78. The summed E-state index contributed by atoms with van der Waals surface area (Å²) in [6, 6.07) is 0. The van der Waals surface area contributed by atoms with Crippen LogP contribution in [0.15, 0.2) is 12.7 Å². The van der Waals surface area contributed by atoms with Gasteiger partial charge in [-0.15, -0.1) is 6.58 Å². The summed E-state index contributed by atoms with van der Waals surface area (Å²) in [6.07, 6.45) is 3.94. The highest BCUT2D eigenvalue weighted by Gasteiger charge is 2.07. The van der Waals surface area contributed by atoms with Crippen LogP contribution in [-0.4, -0.2) is 0 Å². The van der Waals surface area contributed by atoms with E-state index in [1.54, 1.807) is 0 Å². The van der Waals surface area contributed by atoms with Crippen LogP contribution < -0.4 is 0 Å². The molecule has 0 aliphatic heterocycles. The van der Waals surface area contributed by atoms with E-state index in [0.717, 1.165) is 12.8 Å². The van der Waals surface area contributed by atoms with Gasteiger partial charge in [-0.05, 0) is 25.2 Å². The molecule has 0 bridgehead atoms. The largest absolute Gasteiger partial charge is 0.103 e. The predicted molar refractivity (Wildman–Crippen MR) is 37.5 cm³/mol. The Kier molecular flexibility index (Phi) is 2.81. The monoisotopic (exact) mass is 110 g/mol. The lowest BCUT2D eigenvalue weighted by molar-refractivity contribution is 0.438. The molecule has 0 amide bonds. The summed E-state index contributed by atoms with van der Waals surface area (Å²) in [4.78, 5) is 0. The van der Waals surface area contributed by atoms with Gasteiger partial charge in [0.1, 0.15) is 0 Å². The van der Waals surface area contributed by atoms with E-state index in [1.165, 1.54) is 0 Å². The molecule has 0 heterocycles. The Bertz CT molecular complexity index is 64.6. The second-order valence-corrected chi connectivity index (χ2v) is 2.82. The summed E-state index contributed by atoms with van der Waals surface area (Å²) in [5.74, 6) is 0. The van der Waals surface area contributed by atoms with Crippen molar-refractivity contribution >= 4 is 0 Å². The Hall–Kier alpha value is -0.260. The van der Waals surface area contributed by atoms with Gasteiger partial charge in [0.25, 0.3) is 0 Å². The molecule has 0 heteroatoms. The minimum absolute atomic E-state index is 0.0197. The fourth-order valence-electron chi connectivity index (χ4n) is 0.474. The van der Waals surface area contributed by atoms with Crippen molar-refractivity contribution in [3.05, 3.63) is 19.6 Å². The first-order chi connectivity index (χ1) is 3.56. The standard InChI is InChI=1S/C8H14/c1-5-6-7-8(2,3)4/h2,5H,1,6-7H2,3-4H3. The van der Waals surface area contributed by atoms with Crippen LogP contribution in [-0.2, 0) is 0 Å². The average Bonchev–Trinajstić information content (AvgIpc) is 1.59. The van der Waals surface area contributed by atoms with E-state index in [9.17, 15) is 0 Å². The molecule has 0 saturated heterocycles. The van der Waals surface area contributed by atoms with Crippen LogP contribution in [0.3, 0.4) is 0 Å². The Labute approximate surface area is 52.6 Å². The van der Waals surface area contributed by atoms with E-state index in [1.807, 2.05) is 19.9 Å². The zero-order valence-corrected chi connectivity index (χ0v) is 5.78. The number of hydrogen-bond acceptors (Lipinski definition) is 0. The van der Waals surface area contributed by atoms with E-state index in [0.29, 0.717) is 0 Å². The van der Waals surface area contributed by atoms with Crippen LogP contribution in [0.25, 0.3) is 0 Å². The van der Waals surface area contributed by atoms with Gasteiger partial charge in [0.15, 0.2) is 0 Å². The van der Waals surface area contributed by atoms with Gasteiger partial charge in [-0.25, -0.2) is 0 Å². The average molecular weight is 110 g/mol. The van der Waals surface area contributed by atoms with Crippen molar-refractivity contribution in [2.75, 3.05) is 0 Å². The fraction of sp³-hybridized carbons (Fsp3) is 0.625. The topological polar surface area (TPSA) is 0 Å². The van der Waals surface area contributed by atoms with Gasteiger partial charge in [0.05, 0.1) is 0 Å². The number of hydrogen-bond donors (Lipinski definition) is 0. The molecule has 0 fully saturated rings. The molecular formula is C8H14. The lowest BCUT2D eigenvalue weighted by atomic mass is 9.91. The summed E-state index contributed by atoms with van der Waals surface area (Å²) in [6.45, 7) is 13.3. The molecule has 0 aliphatic rings. The van der Waals surface area contributed by atoms with E-state index in [2.05, 4.69) is 6.58 Å². The summed E-state index contributed by atoms with van der Waals surface area (Å²) in [7, 11) is 0. The first kappa shape index (κ1) is 7.74. The van der Waals surface area contributed by atoms with Crippen molar-refractivity contribution in [3.63, 3.8) is 0 Å². The molecular weight excluding hydrogens is 96.1 g/mol. The molecule has 8 heavy (non-hydrogen) atoms. The molecule has 0 aliphatic carbocycles. The Morgan fingerprint density at radius 2 is 2.12 bits per heavy atom. The predicted octanol–water partition coefficient (Wildman–Crippen LogP) is 2.69. The molecule has 0 aromatic rings. The molecule has 0 nitrogen and oxygen atoms in total. The van der Waals surface area contributed by atoms with Gasteiger partial charge in [-0.3, -0.25) is 0 Å². The van der Waals surface area contributed by atoms with Crippen LogP contribution in [0.4, 0.5) is 0 Å². The molecule has 0 N–H and O–H groups in total. The highest BCUT2D eigenvalue weighted by molar-refractivity contribution is 4.76. The molecule has 0 unspecified atom stereocenters. The fourth-order valence-corrected chi connectivity index (χ4v) is 0.474. The highest BCUT2D eigenvalue weighted by atomic mass is 14.1. The second-order valence-electron chi connectivity index (χ2n) is 2.82. The van der Waals surface area contributed by atoms with Crippen molar-refractivity contribution in [1.82, 2.24) is 0 Å². The first-order valence-corrected chi connectivity index (χ1v) is 2.96. The number of rotatable bonds is 3. The number of allylic oxidation sites excluding steroid dienone is 1. The summed E-state index contributed by atoms with van der Waals surface area (Å²) < 4.78 is 0. The lowest BCUT2D eigenvalue weighted by Gasteiger charge is -2.15. The van der Waals surface area contributed by atoms with Crippen LogP contribution in [0.5, 0.6) is 0 Å². The van der Waals surface area contributed by atoms with Crippen molar-refractivity contribution in [3.8, 4) is 0 Å². The third kappa shape index (κ3) is 5.74. The molecule has 0 atom stereocenters. The van der Waals surface area contributed by atoms with E-state index in [-0.39, 0.29) is 5.41 Å². The van der Waals surface area contributed by atoms with Crippen molar-refractivity contribution in [1.29, 1.82) is 0 Å². The summed E-state index contributed by atoms with van der Waals surface area (Å²) >= 11 is 0. The van der Waals surface area contributed by atoms with E-state index < -0.39 is 0 Å². The van der Waals surface area contributed by atoms with Crippen LogP contribution >= 0.6 is 0 Å². The van der Waals surface area contributed by atoms with Crippen molar-refractivity contribution in [2.45, 2.75) is 26.7 Å². The second kappa shape index (κ2) is 2.91. The maximum absolute atomic E-state index is 5.67. The van der Waals surface area contributed by atoms with Gasteiger partial charge in [0, 0.05) is 0 Å². The maximum atomic E-state index is 5.67. The minimum Gasteiger partial charge on any atom is -0.103 e. The molecule has 0 saturated carbocycles. The maximum Gasteiger partial charge on any atom is -0.0290 e. The smallest absolute Gasteiger partial charge is 0.0290 e. The SMILES string of the molecule is [CH]C(C)(C)CCC=C. The van der Waals surface area contributed by atoms with Crippen LogP contribution in [0, 0.1) is 12.3 Å². The minimum atomic E-state index is -0.0197. The van der Waals surface area contributed by atoms with Gasteiger partial charge in [0.2, 0.25) is 0 Å². The molecule has 0 aromatic carbocycles. The highest BCUT2D eigenvalue weighted by Crippen LogP contribution is 2.19. The summed E-state index contributed by atoms with van der Waals surface area (Å²) in [5.41, 5.74) is -0.0197. The van der Waals surface area contributed by atoms with E-state index in [4.69, 9.17) is 6.92 Å². The van der Waals surface area contributed by atoms with Gasteiger partial charge < -0.3 is 0 Å². The van der Waals surface area contributed by atoms with Crippen LogP contribution in [0.1, 0.15) is 26.7 Å². The molecule has 0 rings (SSSR count). The quantitative estimate of drug-likeness (QED) is 0.490. The molecule has 0 aromatic heterocycles. The molecule has 2 radical (unpaired) electrons. The first-order valence-electron chi connectivity index (χ1n) is 2.96. The van der Waals surface area contributed by atoms with Gasteiger partial charge in [-0.2, -0.15) is 0 Å². The molecule has 0 spiro atoms. The van der Waals surface area contributed by atoms with Gasteiger partial charge >= 0.3 is 0 Å². The Morgan fingerprint density at radius 3 is 2.25 bits per heavy atom. The van der Waals surface area contributed by atoms with Gasteiger partial charge in [-0.1, -0.05) is 19.9 Å². The third-order valence-electron chi connectivity index (χ3n) is 0.993. The third-order valence-corrected chi connectivity index (χ3v) is 0.993. The normalized spacial score (nSPS) is 11.4. The Morgan fingerprint density at radius 1 is 1.62 bits per heavy atom. The van der Waals surface area contributed by atoms with Crippen molar-refractivity contribution in [2.24, 2.45) is 5.41 Å². The molecule has 46 valence electrons. The van der Waals surface area contributed by atoms with E-state index >= 15 is 0 Å². The lowest BCUT2D eigenvalue weighted by Crippen LogP contribution is -2.03. The zero-order chi connectivity index (χ0) is 6.62. The Balaban J connectivity index is 3.24. The summed E-state index contributed by atoms with van der Waals surface area (Å²) in [5, 5.41) is 0.